The van der Waals surface area contributed by atoms with Gasteiger partial charge in [0.25, 0.3) is 0 Å². The summed E-state index contributed by atoms with van der Waals surface area (Å²) in [6.07, 6.45) is -3.54. The Bertz CT molecular complexity index is 162. The van der Waals surface area contributed by atoms with Gasteiger partial charge in [-0.3, -0.25) is 0 Å². The number of hydrogen-bond acceptors (Lipinski definition) is 5. The van der Waals surface area contributed by atoms with E-state index in [0.717, 1.165) is 0 Å². The van der Waals surface area contributed by atoms with Crippen molar-refractivity contribution in [3.05, 3.63) is 0 Å². The molecule has 0 radical (unpaired) electrons. The van der Waals surface area contributed by atoms with Crippen LogP contribution in [-0.2, 0) is 4.74 Å². The van der Waals surface area contributed by atoms with E-state index in [1.165, 1.54) is 0 Å². The molecule has 1 saturated heterocycles. The molecule has 5 heteroatoms. The number of aliphatic hydroxyl groups is 3. The van der Waals surface area contributed by atoms with Gasteiger partial charge in [0.2, 0.25) is 0 Å². The second kappa shape index (κ2) is 3.89. The zero-order chi connectivity index (χ0) is 10.2. The number of likely N-dealkylation sites (N-methyl/N-ethyl adjacent to an activating group) is 1. The fourth-order valence-corrected chi connectivity index (χ4v) is 1.64. The van der Waals surface area contributed by atoms with Gasteiger partial charge >= 0.3 is 0 Å². The van der Waals surface area contributed by atoms with Crippen LogP contribution in [0.15, 0.2) is 0 Å². The van der Waals surface area contributed by atoms with Crippen LogP contribution in [0, 0.1) is 0 Å². The van der Waals surface area contributed by atoms with Crippen molar-refractivity contribution in [3.8, 4) is 0 Å². The van der Waals surface area contributed by atoms with E-state index in [4.69, 9.17) is 4.74 Å². The number of aliphatic hydroxyl groups excluding tert-OH is 3. The fraction of sp³-hybridized carbons (Fsp3) is 1.00. The Morgan fingerprint density at radius 2 is 1.62 bits per heavy atom. The summed E-state index contributed by atoms with van der Waals surface area (Å²) in [5.74, 6) is 0. The smallest absolute Gasteiger partial charge is 0.182 e. The fourth-order valence-electron chi connectivity index (χ4n) is 1.64. The predicted molar refractivity (Wildman–Crippen MR) is 46.0 cm³/mol. The first-order valence-corrected chi connectivity index (χ1v) is 4.31. The molecule has 0 bridgehead atoms. The van der Waals surface area contributed by atoms with Gasteiger partial charge in [0.15, 0.2) is 6.29 Å². The lowest BCUT2D eigenvalue weighted by Crippen LogP contribution is -2.61. The first kappa shape index (κ1) is 10.9. The van der Waals surface area contributed by atoms with Gasteiger partial charge in [-0.15, -0.1) is 0 Å². The summed E-state index contributed by atoms with van der Waals surface area (Å²) in [5, 5.41) is 28.5. The van der Waals surface area contributed by atoms with E-state index in [2.05, 4.69) is 0 Å². The molecule has 3 unspecified atom stereocenters. The Morgan fingerprint density at radius 3 is 2.08 bits per heavy atom. The molecule has 0 aliphatic carbocycles. The zero-order valence-electron chi connectivity index (χ0n) is 8.08. The summed E-state index contributed by atoms with van der Waals surface area (Å²) in [6.45, 7) is 1.66. The highest BCUT2D eigenvalue weighted by Crippen LogP contribution is 2.22. The zero-order valence-corrected chi connectivity index (χ0v) is 8.08. The first-order valence-electron chi connectivity index (χ1n) is 4.31. The maximum atomic E-state index is 9.66. The van der Waals surface area contributed by atoms with Crippen molar-refractivity contribution in [1.29, 1.82) is 0 Å². The normalized spacial score (nSPS) is 46.8. The lowest BCUT2D eigenvalue weighted by Gasteiger charge is -2.42. The van der Waals surface area contributed by atoms with Gasteiger partial charge < -0.3 is 25.0 Å². The quantitative estimate of drug-likeness (QED) is 0.464. The van der Waals surface area contributed by atoms with Crippen molar-refractivity contribution in [2.75, 3.05) is 14.1 Å². The summed E-state index contributed by atoms with van der Waals surface area (Å²) in [6, 6.07) is -0.487. The molecule has 0 saturated carbocycles. The molecular formula is C8H17NO4. The van der Waals surface area contributed by atoms with Crippen LogP contribution in [0.3, 0.4) is 0 Å². The van der Waals surface area contributed by atoms with E-state index in [0.29, 0.717) is 0 Å². The van der Waals surface area contributed by atoms with Gasteiger partial charge in [-0.25, -0.2) is 0 Å². The molecule has 5 atom stereocenters. The molecule has 0 aromatic heterocycles. The molecule has 1 aliphatic heterocycles. The van der Waals surface area contributed by atoms with E-state index in [1.54, 1.807) is 25.9 Å². The molecule has 1 heterocycles. The number of hydrogen-bond donors (Lipinski definition) is 3. The largest absolute Gasteiger partial charge is 0.389 e. The van der Waals surface area contributed by atoms with Crippen molar-refractivity contribution in [2.45, 2.75) is 37.6 Å². The second-order valence-corrected chi connectivity index (χ2v) is 3.67. The standard InChI is InChI=1S/C8H17NO4/c1-4-6(10)5(9(2)3)7(11)8(12)13-4/h4-8,10-12H,1-3H3/t4-,5?,6?,7?,8-/m1/s1. The SMILES string of the molecule is C[C@H]1O[C@@H](O)C(O)C(N(C)C)C1O. The topological polar surface area (TPSA) is 73.2 Å². The van der Waals surface area contributed by atoms with Gasteiger partial charge in [0.05, 0.1) is 18.2 Å². The minimum absolute atomic E-state index is 0.467. The van der Waals surface area contributed by atoms with Gasteiger partial charge in [-0.2, -0.15) is 0 Å². The molecule has 0 amide bonds. The molecule has 0 aromatic rings. The van der Waals surface area contributed by atoms with Crippen LogP contribution in [0.5, 0.6) is 0 Å². The number of nitrogens with zero attached hydrogens (tertiary/aromatic N) is 1. The highest BCUT2D eigenvalue weighted by atomic mass is 16.6. The molecule has 78 valence electrons. The van der Waals surface area contributed by atoms with Crippen LogP contribution < -0.4 is 0 Å². The summed E-state index contributed by atoms with van der Waals surface area (Å²) in [4.78, 5) is 1.68. The molecular weight excluding hydrogens is 174 g/mol. The van der Waals surface area contributed by atoms with Crippen LogP contribution in [-0.4, -0.2) is 65.0 Å². The highest BCUT2D eigenvalue weighted by molar-refractivity contribution is 4.91. The Morgan fingerprint density at radius 1 is 1.08 bits per heavy atom. The maximum Gasteiger partial charge on any atom is 0.182 e. The third kappa shape index (κ3) is 2.00. The Labute approximate surface area is 77.5 Å². The average molecular weight is 191 g/mol. The van der Waals surface area contributed by atoms with Gasteiger partial charge in [-0.05, 0) is 21.0 Å². The van der Waals surface area contributed by atoms with Gasteiger partial charge in [0.1, 0.15) is 6.10 Å². The lowest BCUT2D eigenvalue weighted by molar-refractivity contribution is -0.263. The summed E-state index contributed by atoms with van der Waals surface area (Å²) >= 11 is 0. The summed E-state index contributed by atoms with van der Waals surface area (Å²) < 4.78 is 4.92. The first-order chi connectivity index (χ1) is 5.95. The second-order valence-electron chi connectivity index (χ2n) is 3.67. The maximum absolute atomic E-state index is 9.66. The molecule has 1 fully saturated rings. The molecule has 0 spiro atoms. The average Bonchev–Trinajstić information content (AvgIpc) is 2.01. The third-order valence-corrected chi connectivity index (χ3v) is 2.42. The molecule has 5 nitrogen and oxygen atoms in total. The minimum Gasteiger partial charge on any atom is -0.389 e. The van der Waals surface area contributed by atoms with Crippen LogP contribution in [0.1, 0.15) is 6.92 Å². The minimum atomic E-state index is -1.22. The van der Waals surface area contributed by atoms with Gasteiger partial charge in [0, 0.05) is 0 Å². The van der Waals surface area contributed by atoms with Crippen molar-refractivity contribution >= 4 is 0 Å². The van der Waals surface area contributed by atoms with Crippen LogP contribution in [0.2, 0.25) is 0 Å². The van der Waals surface area contributed by atoms with E-state index in [1.807, 2.05) is 0 Å². The van der Waals surface area contributed by atoms with Gasteiger partial charge in [-0.1, -0.05) is 0 Å². The Hall–Kier alpha value is -0.200. The van der Waals surface area contributed by atoms with Crippen LogP contribution >= 0.6 is 0 Å². The monoisotopic (exact) mass is 191 g/mol. The Kier molecular flexibility index (Phi) is 3.26. The van der Waals surface area contributed by atoms with Crippen molar-refractivity contribution in [3.63, 3.8) is 0 Å². The van der Waals surface area contributed by atoms with Crippen LogP contribution in [0.4, 0.5) is 0 Å². The van der Waals surface area contributed by atoms with Crippen molar-refractivity contribution in [1.82, 2.24) is 4.90 Å². The summed E-state index contributed by atoms with van der Waals surface area (Å²) in [7, 11) is 3.48. The molecule has 0 aromatic carbocycles. The van der Waals surface area contributed by atoms with Crippen molar-refractivity contribution in [2.24, 2.45) is 0 Å². The molecule has 1 aliphatic rings. The summed E-state index contributed by atoms with van der Waals surface area (Å²) in [5.41, 5.74) is 0. The molecule has 3 N–H and O–H groups in total. The highest BCUT2D eigenvalue weighted by Gasteiger charge is 2.42. The Balaban J connectivity index is 2.76. The van der Waals surface area contributed by atoms with E-state index < -0.39 is 30.6 Å². The van der Waals surface area contributed by atoms with E-state index in [-0.39, 0.29) is 0 Å². The lowest BCUT2D eigenvalue weighted by atomic mass is 9.96. The predicted octanol–water partition coefficient (Wildman–Crippen LogP) is -1.62. The molecule has 1 rings (SSSR count). The van der Waals surface area contributed by atoms with Crippen LogP contribution in [0.25, 0.3) is 0 Å². The van der Waals surface area contributed by atoms with Crippen molar-refractivity contribution < 1.29 is 20.1 Å². The van der Waals surface area contributed by atoms with E-state index in [9.17, 15) is 15.3 Å². The number of ether oxygens (including phenoxy) is 1. The number of rotatable bonds is 1. The third-order valence-electron chi connectivity index (χ3n) is 2.42. The molecule has 13 heavy (non-hydrogen) atoms. The van der Waals surface area contributed by atoms with E-state index >= 15 is 0 Å².